The monoisotopic (exact) mass is 334 g/mol. The maximum Gasteiger partial charge on any atom is 0.261 e. The van der Waals surface area contributed by atoms with E-state index in [1.807, 2.05) is 12.1 Å². The molecule has 2 N–H and O–H groups in total. The Labute approximate surface area is 141 Å². The maximum absolute atomic E-state index is 5.82. The average molecular weight is 334 g/mol. The number of H-pyrrole nitrogens is 1. The second-order valence-corrected chi connectivity index (χ2v) is 5.71. The van der Waals surface area contributed by atoms with Gasteiger partial charge in [0, 0.05) is 18.4 Å². The molecule has 0 aliphatic carbocycles. The van der Waals surface area contributed by atoms with Crippen LogP contribution in [0.4, 0.5) is 0 Å². The van der Waals surface area contributed by atoms with Gasteiger partial charge in [0.05, 0.1) is 5.39 Å². The molecule has 5 heterocycles. The summed E-state index contributed by atoms with van der Waals surface area (Å²) in [5.74, 6) is 0.402. The Bertz CT molecular complexity index is 1100. The second kappa shape index (κ2) is 5.64. The van der Waals surface area contributed by atoms with Gasteiger partial charge in [0.1, 0.15) is 17.5 Å². The molecular weight excluding hydrogens is 320 g/mol. The summed E-state index contributed by atoms with van der Waals surface area (Å²) < 4.78 is 0. The van der Waals surface area contributed by atoms with Crippen LogP contribution < -0.4 is 10.2 Å². The van der Waals surface area contributed by atoms with Crippen molar-refractivity contribution in [3.63, 3.8) is 0 Å². The van der Waals surface area contributed by atoms with Crippen molar-refractivity contribution in [1.29, 1.82) is 0 Å². The molecule has 0 bridgehead atoms. The first-order valence-electron chi connectivity index (χ1n) is 7.97. The first-order valence-corrected chi connectivity index (χ1v) is 7.97. The maximum atomic E-state index is 5.82. The van der Waals surface area contributed by atoms with Crippen molar-refractivity contribution in [3.8, 4) is 5.88 Å². The molecule has 0 radical (unpaired) electrons. The highest BCUT2D eigenvalue weighted by Crippen LogP contribution is 2.27. The third-order valence-corrected chi connectivity index (χ3v) is 4.15. The Morgan fingerprint density at radius 3 is 3.12 bits per heavy atom. The molecule has 0 aromatic carbocycles. The van der Waals surface area contributed by atoms with Gasteiger partial charge >= 0.3 is 0 Å². The van der Waals surface area contributed by atoms with E-state index >= 15 is 0 Å². The molecule has 0 saturated heterocycles. The molecule has 0 saturated carbocycles. The lowest BCUT2D eigenvalue weighted by molar-refractivity contribution is 0.177. The van der Waals surface area contributed by atoms with Crippen molar-refractivity contribution < 1.29 is 4.84 Å². The van der Waals surface area contributed by atoms with Gasteiger partial charge < -0.3 is 15.1 Å². The lowest BCUT2D eigenvalue weighted by Crippen LogP contribution is -2.20. The number of nitrogens with zero attached hydrogens (tertiary/aromatic N) is 6. The molecule has 0 spiro atoms. The van der Waals surface area contributed by atoms with Crippen LogP contribution in [0.25, 0.3) is 27.8 Å². The lowest BCUT2D eigenvalue weighted by atomic mass is 10.1. The van der Waals surface area contributed by atoms with Crippen molar-refractivity contribution in [2.24, 2.45) is 0 Å². The number of aromatic nitrogens is 7. The van der Waals surface area contributed by atoms with Crippen LogP contribution in [0.5, 0.6) is 5.88 Å². The fourth-order valence-electron chi connectivity index (χ4n) is 2.92. The Kier molecular flexibility index (Phi) is 3.17. The minimum Gasteiger partial charge on any atom is -0.339 e. The number of rotatable bonds is 3. The van der Waals surface area contributed by atoms with Gasteiger partial charge in [-0.15, -0.1) is 5.10 Å². The first kappa shape index (κ1) is 14.1. The Morgan fingerprint density at radius 1 is 1.20 bits per heavy atom. The van der Waals surface area contributed by atoms with E-state index in [0.717, 1.165) is 36.2 Å². The van der Waals surface area contributed by atoms with Crippen LogP contribution in [-0.4, -0.2) is 48.2 Å². The van der Waals surface area contributed by atoms with Crippen molar-refractivity contribution in [3.05, 3.63) is 42.5 Å². The van der Waals surface area contributed by atoms with Crippen LogP contribution >= 0.6 is 0 Å². The van der Waals surface area contributed by atoms with Crippen LogP contribution in [-0.2, 0) is 0 Å². The Morgan fingerprint density at radius 2 is 2.20 bits per heavy atom. The Balaban J connectivity index is 1.57. The third-order valence-electron chi connectivity index (χ3n) is 4.15. The molecule has 5 rings (SSSR count). The predicted molar refractivity (Wildman–Crippen MR) is 90.7 cm³/mol. The minimum atomic E-state index is 0.402. The largest absolute Gasteiger partial charge is 0.339 e. The number of fused-ring (bicyclic) bond motifs is 2. The zero-order chi connectivity index (χ0) is 16.6. The highest BCUT2D eigenvalue weighted by Gasteiger charge is 2.15. The summed E-state index contributed by atoms with van der Waals surface area (Å²) in [6.07, 6.45) is 6.27. The summed E-state index contributed by atoms with van der Waals surface area (Å²) in [7, 11) is 0. The number of nitrogens with one attached hydrogen (secondary N) is 2. The van der Waals surface area contributed by atoms with Crippen molar-refractivity contribution >= 4 is 27.8 Å². The Hall–Kier alpha value is -3.33. The van der Waals surface area contributed by atoms with Gasteiger partial charge in [-0.2, -0.15) is 4.98 Å². The zero-order valence-corrected chi connectivity index (χ0v) is 13.2. The molecule has 9 heteroatoms. The molecule has 1 aliphatic rings. The van der Waals surface area contributed by atoms with Gasteiger partial charge in [-0.05, 0) is 42.0 Å². The van der Waals surface area contributed by atoms with Gasteiger partial charge in [-0.25, -0.2) is 9.97 Å². The van der Waals surface area contributed by atoms with Crippen LogP contribution in [0.2, 0.25) is 0 Å². The van der Waals surface area contributed by atoms with E-state index in [-0.39, 0.29) is 0 Å². The molecule has 25 heavy (non-hydrogen) atoms. The summed E-state index contributed by atoms with van der Waals surface area (Å²) >= 11 is 0. The van der Waals surface area contributed by atoms with E-state index in [2.05, 4.69) is 41.6 Å². The minimum absolute atomic E-state index is 0.402. The van der Waals surface area contributed by atoms with Gasteiger partial charge in [0.2, 0.25) is 5.65 Å². The normalized spacial score (nSPS) is 14.8. The van der Waals surface area contributed by atoms with Crippen LogP contribution in [0, 0.1) is 0 Å². The van der Waals surface area contributed by atoms with Gasteiger partial charge in [-0.3, -0.25) is 0 Å². The standard InChI is InChI=1S/C16H14N8O/c1-2-12-15(18-5-1)24(23-22-12)25-16-11-8-13(10-3-6-17-7-4-10)21-14(11)19-9-20-16/h1-3,5,8-9,17H,4,6-7H2,(H,19,20,21). The van der Waals surface area contributed by atoms with E-state index in [1.54, 1.807) is 12.3 Å². The van der Waals surface area contributed by atoms with E-state index in [4.69, 9.17) is 4.84 Å². The highest BCUT2D eigenvalue weighted by atomic mass is 16.7. The smallest absolute Gasteiger partial charge is 0.261 e. The molecule has 4 aromatic heterocycles. The zero-order valence-electron chi connectivity index (χ0n) is 13.2. The summed E-state index contributed by atoms with van der Waals surface area (Å²) in [6.45, 7) is 1.84. The molecule has 0 amide bonds. The summed E-state index contributed by atoms with van der Waals surface area (Å²) in [4.78, 5) is 23.2. The number of hydrogen-bond acceptors (Lipinski definition) is 7. The molecule has 9 nitrogen and oxygen atoms in total. The molecule has 1 aliphatic heterocycles. The molecule has 0 unspecified atom stereocenters. The van der Waals surface area contributed by atoms with Gasteiger partial charge in [-0.1, -0.05) is 10.9 Å². The highest BCUT2D eigenvalue weighted by molar-refractivity contribution is 5.86. The number of pyridine rings is 1. The van der Waals surface area contributed by atoms with E-state index < -0.39 is 0 Å². The first-order chi connectivity index (χ1) is 12.4. The van der Waals surface area contributed by atoms with Gasteiger partial charge in [0.25, 0.3) is 5.88 Å². The van der Waals surface area contributed by atoms with Crippen molar-refractivity contribution in [2.75, 3.05) is 13.1 Å². The van der Waals surface area contributed by atoms with E-state index in [9.17, 15) is 0 Å². The summed E-state index contributed by atoms with van der Waals surface area (Å²) in [5.41, 5.74) is 4.20. The SMILES string of the molecule is C1=C(c2cc3c(On4nnc5cccnc54)ncnc3[nH]2)CCNC1. The number of aromatic amines is 1. The van der Waals surface area contributed by atoms with Gasteiger partial charge in [0.15, 0.2) is 0 Å². The van der Waals surface area contributed by atoms with Crippen LogP contribution in [0.3, 0.4) is 0 Å². The fourth-order valence-corrected chi connectivity index (χ4v) is 2.92. The second-order valence-electron chi connectivity index (χ2n) is 5.71. The van der Waals surface area contributed by atoms with Crippen molar-refractivity contribution in [2.45, 2.75) is 6.42 Å². The molecule has 0 atom stereocenters. The molecule has 124 valence electrons. The summed E-state index contributed by atoms with van der Waals surface area (Å²) in [6, 6.07) is 5.63. The fraction of sp³-hybridized carbons (Fsp3) is 0.188. The van der Waals surface area contributed by atoms with Crippen LogP contribution in [0.15, 0.2) is 36.8 Å². The topological polar surface area (TPSA) is 106 Å². The van der Waals surface area contributed by atoms with Crippen molar-refractivity contribution in [1.82, 2.24) is 40.4 Å². The molecular formula is C16H14N8O. The predicted octanol–water partition coefficient (Wildman–Crippen LogP) is 1.32. The average Bonchev–Trinajstić information content (AvgIpc) is 3.28. The van der Waals surface area contributed by atoms with E-state index in [1.165, 1.54) is 16.7 Å². The van der Waals surface area contributed by atoms with Crippen LogP contribution in [0.1, 0.15) is 12.1 Å². The third kappa shape index (κ3) is 2.41. The number of hydrogen-bond donors (Lipinski definition) is 2. The molecule has 0 fully saturated rings. The van der Waals surface area contributed by atoms with E-state index in [0.29, 0.717) is 17.0 Å². The molecule has 4 aromatic rings. The quantitative estimate of drug-likeness (QED) is 0.582. The summed E-state index contributed by atoms with van der Waals surface area (Å²) in [5, 5.41) is 12.1. The lowest BCUT2D eigenvalue weighted by Gasteiger charge is -2.12.